The first-order valence-corrected chi connectivity index (χ1v) is 10.0. The summed E-state index contributed by atoms with van der Waals surface area (Å²) in [7, 11) is 0. The zero-order valence-corrected chi connectivity index (χ0v) is 16.6. The van der Waals surface area contributed by atoms with Crippen LogP contribution >= 0.6 is 46.7 Å². The molecule has 1 atom stereocenters. The Morgan fingerprint density at radius 1 is 0.962 bits per heavy atom. The molecule has 0 aliphatic carbocycles. The number of nitrogens with one attached hydrogen (secondary N) is 2. The summed E-state index contributed by atoms with van der Waals surface area (Å²) in [6.45, 7) is 1.94. The minimum absolute atomic E-state index is 0.157. The van der Waals surface area contributed by atoms with Crippen LogP contribution in [0.1, 0.15) is 18.1 Å². The second-order valence-corrected chi connectivity index (χ2v) is 9.34. The second kappa shape index (κ2) is 6.53. The van der Waals surface area contributed by atoms with Gasteiger partial charge in [0.15, 0.2) is 0 Å². The molecule has 2 aromatic carbocycles. The number of halogens is 2. The van der Waals surface area contributed by atoms with Gasteiger partial charge in [-0.2, -0.15) is 0 Å². The molecule has 0 saturated heterocycles. The number of carbonyl (C=O) groups is 2. The first-order chi connectivity index (χ1) is 12.3. The number of rotatable bonds is 1. The maximum atomic E-state index is 12.2. The third-order valence-corrected chi connectivity index (χ3v) is 6.52. The van der Waals surface area contributed by atoms with Gasteiger partial charge in [0.05, 0.1) is 4.75 Å². The lowest BCUT2D eigenvalue weighted by molar-refractivity contribution is 0.269. The molecule has 2 amide bonds. The molecule has 2 heterocycles. The van der Waals surface area contributed by atoms with E-state index in [0.29, 0.717) is 21.4 Å². The molecule has 26 heavy (non-hydrogen) atoms. The van der Waals surface area contributed by atoms with Gasteiger partial charge in [-0.05, 0) is 78.5 Å². The van der Waals surface area contributed by atoms with Crippen molar-refractivity contribution >= 4 is 73.5 Å². The molecule has 2 N–H and O–H groups in total. The first kappa shape index (κ1) is 17.8. The van der Waals surface area contributed by atoms with E-state index in [-0.39, 0.29) is 10.5 Å². The fourth-order valence-electron chi connectivity index (χ4n) is 3.00. The third kappa shape index (κ3) is 3.22. The summed E-state index contributed by atoms with van der Waals surface area (Å²) in [5.74, 6) is 0. The van der Waals surface area contributed by atoms with Crippen LogP contribution in [0.25, 0.3) is 4.91 Å². The van der Waals surface area contributed by atoms with Crippen LogP contribution in [0.4, 0.5) is 21.0 Å². The van der Waals surface area contributed by atoms with Crippen molar-refractivity contribution in [2.45, 2.75) is 11.7 Å². The number of hydrogen-bond donors (Lipinski definition) is 2. The summed E-state index contributed by atoms with van der Waals surface area (Å²) in [6, 6.07) is 10.7. The minimum Gasteiger partial charge on any atom is -0.317 e. The predicted molar refractivity (Wildman–Crippen MR) is 111 cm³/mol. The molecule has 2 aromatic rings. The Labute approximate surface area is 168 Å². The molecule has 132 valence electrons. The quantitative estimate of drug-likeness (QED) is 0.529. The van der Waals surface area contributed by atoms with Gasteiger partial charge in [-0.15, -0.1) is 0 Å². The minimum atomic E-state index is -0.678. The van der Waals surface area contributed by atoms with Crippen molar-refractivity contribution in [2.75, 3.05) is 10.6 Å². The summed E-state index contributed by atoms with van der Waals surface area (Å²) in [4.78, 5) is 25.1. The molecule has 0 radical (unpaired) electrons. The molecule has 0 saturated carbocycles. The zero-order chi connectivity index (χ0) is 18.5. The number of fused-ring (bicyclic) bond motifs is 2. The van der Waals surface area contributed by atoms with E-state index in [9.17, 15) is 9.59 Å². The monoisotopic (exact) mass is 422 g/mol. The lowest BCUT2D eigenvalue weighted by Crippen LogP contribution is -2.27. The Bertz CT molecular complexity index is 993. The van der Waals surface area contributed by atoms with E-state index in [1.54, 1.807) is 24.3 Å². The van der Waals surface area contributed by atoms with Crippen molar-refractivity contribution in [3.63, 3.8) is 0 Å². The second-order valence-electron chi connectivity index (χ2n) is 6.02. The number of carbonyl (C=O) groups excluding carboxylic acids is 2. The molecule has 0 bridgehead atoms. The van der Waals surface area contributed by atoms with Crippen molar-refractivity contribution in [3.05, 3.63) is 63.6 Å². The van der Waals surface area contributed by atoms with E-state index in [1.807, 2.05) is 25.1 Å². The van der Waals surface area contributed by atoms with Gasteiger partial charge in [0.1, 0.15) is 0 Å². The Morgan fingerprint density at radius 2 is 1.62 bits per heavy atom. The van der Waals surface area contributed by atoms with E-state index >= 15 is 0 Å². The average Bonchev–Trinajstić information content (AvgIpc) is 2.56. The highest BCUT2D eigenvalue weighted by Gasteiger charge is 2.37. The molecular formula is C18H12Cl2N2O2S2. The topological polar surface area (TPSA) is 58.2 Å². The fourth-order valence-corrected chi connectivity index (χ4v) is 5.36. The molecule has 8 heteroatoms. The van der Waals surface area contributed by atoms with Gasteiger partial charge in [-0.1, -0.05) is 23.2 Å². The lowest BCUT2D eigenvalue weighted by Gasteiger charge is -2.33. The van der Waals surface area contributed by atoms with E-state index in [2.05, 4.69) is 10.6 Å². The van der Waals surface area contributed by atoms with Crippen molar-refractivity contribution in [1.29, 1.82) is 0 Å². The fraction of sp³-hybridized carbons (Fsp3) is 0.111. The molecule has 4 nitrogen and oxygen atoms in total. The molecule has 0 fully saturated rings. The number of thioether (sulfide) groups is 2. The van der Waals surface area contributed by atoms with Crippen LogP contribution in [0.3, 0.4) is 0 Å². The lowest BCUT2D eigenvalue weighted by atomic mass is 9.96. The Kier molecular flexibility index (Phi) is 4.47. The van der Waals surface area contributed by atoms with Crippen LogP contribution in [0.15, 0.2) is 42.5 Å². The number of hydrogen-bond acceptors (Lipinski definition) is 4. The van der Waals surface area contributed by atoms with Gasteiger partial charge in [0.25, 0.3) is 10.5 Å². The summed E-state index contributed by atoms with van der Waals surface area (Å²) < 4.78 is -0.678. The number of amides is 2. The van der Waals surface area contributed by atoms with Gasteiger partial charge >= 0.3 is 0 Å². The van der Waals surface area contributed by atoms with E-state index < -0.39 is 4.75 Å². The molecule has 2 aliphatic heterocycles. The van der Waals surface area contributed by atoms with Crippen LogP contribution in [-0.4, -0.2) is 10.5 Å². The zero-order valence-electron chi connectivity index (χ0n) is 13.4. The Hall–Kier alpha value is -1.60. The van der Waals surface area contributed by atoms with Crippen molar-refractivity contribution in [2.24, 2.45) is 0 Å². The Morgan fingerprint density at radius 3 is 2.38 bits per heavy atom. The summed E-state index contributed by atoms with van der Waals surface area (Å²) >= 11 is 14.6. The SMILES string of the molecule is CC1(/C=C2\SC(=O)Nc3ccc(Cl)cc32)SC(=O)Nc2ccc(Cl)cc21. The van der Waals surface area contributed by atoms with Gasteiger partial charge < -0.3 is 10.6 Å². The van der Waals surface area contributed by atoms with Crippen LogP contribution in [0.2, 0.25) is 10.0 Å². The maximum absolute atomic E-state index is 12.2. The van der Waals surface area contributed by atoms with Crippen LogP contribution in [0.5, 0.6) is 0 Å². The summed E-state index contributed by atoms with van der Waals surface area (Å²) in [5, 5.41) is 6.50. The smallest absolute Gasteiger partial charge is 0.288 e. The van der Waals surface area contributed by atoms with Gasteiger partial charge in [-0.25, -0.2) is 0 Å². The maximum Gasteiger partial charge on any atom is 0.288 e. The van der Waals surface area contributed by atoms with Crippen LogP contribution in [-0.2, 0) is 4.75 Å². The highest BCUT2D eigenvalue weighted by Crippen LogP contribution is 2.50. The van der Waals surface area contributed by atoms with E-state index in [0.717, 1.165) is 39.6 Å². The molecule has 4 rings (SSSR count). The standard InChI is InChI=1S/C18H12Cl2N2O2S2/c1-18(12-7-10(20)3-5-14(12)22-17(24)26-18)8-15-11-6-9(19)2-4-13(11)21-16(23)25-15/h2-8H,1H3,(H,21,23)(H,22,24)/b15-8-. The van der Waals surface area contributed by atoms with E-state index in [1.165, 1.54) is 0 Å². The molecular weight excluding hydrogens is 411 g/mol. The van der Waals surface area contributed by atoms with Crippen molar-refractivity contribution in [1.82, 2.24) is 0 Å². The number of benzene rings is 2. The van der Waals surface area contributed by atoms with Crippen molar-refractivity contribution in [3.8, 4) is 0 Å². The molecule has 1 unspecified atom stereocenters. The van der Waals surface area contributed by atoms with Gasteiger partial charge in [-0.3, -0.25) is 9.59 Å². The summed E-state index contributed by atoms with van der Waals surface area (Å²) in [5.41, 5.74) is 3.13. The third-order valence-electron chi connectivity index (χ3n) is 4.15. The van der Waals surface area contributed by atoms with Crippen LogP contribution < -0.4 is 10.6 Å². The summed E-state index contributed by atoms with van der Waals surface area (Å²) in [6.07, 6.45) is 1.93. The van der Waals surface area contributed by atoms with Gasteiger partial charge in [0, 0.05) is 31.9 Å². The molecule has 2 aliphatic rings. The average molecular weight is 423 g/mol. The normalized spacial score (nSPS) is 23.1. The largest absolute Gasteiger partial charge is 0.317 e. The van der Waals surface area contributed by atoms with Gasteiger partial charge in [0.2, 0.25) is 0 Å². The molecule has 0 spiro atoms. The molecule has 0 aromatic heterocycles. The number of anilines is 2. The van der Waals surface area contributed by atoms with Crippen molar-refractivity contribution < 1.29 is 9.59 Å². The Balaban J connectivity index is 1.89. The van der Waals surface area contributed by atoms with E-state index in [4.69, 9.17) is 23.2 Å². The highest BCUT2D eigenvalue weighted by molar-refractivity contribution is 8.22. The highest BCUT2D eigenvalue weighted by atomic mass is 35.5. The van der Waals surface area contributed by atoms with Crippen LogP contribution in [0, 0.1) is 0 Å². The predicted octanol–water partition coefficient (Wildman–Crippen LogP) is 6.81. The first-order valence-electron chi connectivity index (χ1n) is 7.66.